The van der Waals surface area contributed by atoms with Gasteiger partial charge in [0.05, 0.1) is 12.7 Å². The first-order chi connectivity index (χ1) is 11.9. The minimum atomic E-state index is -0.340. The van der Waals surface area contributed by atoms with Crippen LogP contribution in [0.3, 0.4) is 0 Å². The largest absolute Gasteiger partial charge is 0.497 e. The number of amides is 1. The Morgan fingerprint density at radius 1 is 1.36 bits per heavy atom. The molecule has 0 aliphatic carbocycles. The monoisotopic (exact) mass is 352 g/mol. The molecule has 1 aromatic rings. The normalized spacial score (nSPS) is 21.2. The molecule has 0 aromatic heterocycles. The van der Waals surface area contributed by atoms with Gasteiger partial charge in [-0.15, -0.1) is 0 Å². The Hall–Kier alpha value is -1.66. The Labute approximate surface area is 149 Å². The highest BCUT2D eigenvalue weighted by molar-refractivity contribution is 5.75. The van der Waals surface area contributed by atoms with Crippen molar-refractivity contribution in [1.82, 2.24) is 9.80 Å². The van der Waals surface area contributed by atoms with Crippen LogP contribution in [-0.4, -0.2) is 62.7 Å². The maximum Gasteiger partial charge on any atom is 0.222 e. The van der Waals surface area contributed by atoms with Gasteiger partial charge in [0.25, 0.3) is 0 Å². The van der Waals surface area contributed by atoms with Gasteiger partial charge in [-0.2, -0.15) is 0 Å². The summed E-state index contributed by atoms with van der Waals surface area (Å²) in [6.07, 6.45) is 3.04. The first-order valence-corrected chi connectivity index (χ1v) is 8.69. The highest BCUT2D eigenvalue weighted by Crippen LogP contribution is 2.31. The van der Waals surface area contributed by atoms with E-state index in [4.69, 9.17) is 9.47 Å². The van der Waals surface area contributed by atoms with Gasteiger partial charge in [0.15, 0.2) is 0 Å². The predicted octanol–water partition coefficient (Wildman–Crippen LogP) is 2.68. The number of piperidine rings is 1. The lowest BCUT2D eigenvalue weighted by Gasteiger charge is -2.42. The summed E-state index contributed by atoms with van der Waals surface area (Å²) in [5.41, 5.74) is 0.310. The van der Waals surface area contributed by atoms with Crippen molar-refractivity contribution in [3.8, 4) is 5.75 Å². The van der Waals surface area contributed by atoms with Crippen molar-refractivity contribution in [1.29, 1.82) is 0 Å². The summed E-state index contributed by atoms with van der Waals surface area (Å²) in [5.74, 6) is 0.374. The van der Waals surface area contributed by atoms with Gasteiger partial charge in [-0.3, -0.25) is 9.69 Å². The molecule has 0 N–H and O–H groups in total. The average Bonchev–Trinajstić information content (AvgIpc) is 2.61. The second kappa shape index (κ2) is 8.63. The standard InChI is InChI=1S/C19H29FN2O3/c1-21(2)18(23)8-10-19(25-4)9-5-11-22(14-19)13-15-6-7-16(24-3)12-17(15)20/h6-7,12H,5,8-11,13-14H2,1-4H3/t19-/m0/s1. The van der Waals surface area contributed by atoms with Gasteiger partial charge in [-0.05, 0) is 31.9 Å². The molecule has 6 heteroatoms. The first-order valence-electron chi connectivity index (χ1n) is 8.69. The summed E-state index contributed by atoms with van der Waals surface area (Å²) in [6.45, 7) is 2.14. The molecule has 1 atom stereocenters. The molecule has 0 saturated carbocycles. The van der Waals surface area contributed by atoms with Gasteiger partial charge in [0, 0.05) is 52.3 Å². The molecule has 1 amide bonds. The van der Waals surface area contributed by atoms with Gasteiger partial charge in [0.2, 0.25) is 5.91 Å². The third-order valence-electron chi connectivity index (χ3n) is 5.00. The lowest BCUT2D eigenvalue weighted by Crippen LogP contribution is -2.49. The van der Waals surface area contributed by atoms with Crippen LogP contribution >= 0.6 is 0 Å². The van der Waals surface area contributed by atoms with E-state index in [1.54, 1.807) is 38.2 Å². The van der Waals surface area contributed by atoms with Gasteiger partial charge < -0.3 is 14.4 Å². The number of benzene rings is 1. The predicted molar refractivity (Wildman–Crippen MR) is 95.1 cm³/mol. The van der Waals surface area contributed by atoms with Crippen LogP contribution < -0.4 is 4.74 Å². The van der Waals surface area contributed by atoms with E-state index in [-0.39, 0.29) is 17.3 Å². The highest BCUT2D eigenvalue weighted by atomic mass is 19.1. The smallest absolute Gasteiger partial charge is 0.222 e. The maximum atomic E-state index is 14.2. The fourth-order valence-electron chi connectivity index (χ4n) is 3.38. The topological polar surface area (TPSA) is 42.0 Å². The van der Waals surface area contributed by atoms with Crippen molar-refractivity contribution < 1.29 is 18.7 Å². The van der Waals surface area contributed by atoms with Crippen LogP contribution in [0.5, 0.6) is 5.75 Å². The molecule has 0 radical (unpaired) electrons. The molecule has 140 valence electrons. The van der Waals surface area contributed by atoms with E-state index in [0.29, 0.717) is 37.2 Å². The van der Waals surface area contributed by atoms with Crippen molar-refractivity contribution in [2.45, 2.75) is 37.8 Å². The van der Waals surface area contributed by atoms with Crippen LogP contribution in [0.2, 0.25) is 0 Å². The van der Waals surface area contributed by atoms with Crippen LogP contribution in [0.1, 0.15) is 31.2 Å². The fraction of sp³-hybridized carbons (Fsp3) is 0.632. The number of likely N-dealkylation sites (tertiary alicyclic amines) is 1. The molecule has 1 aliphatic rings. The first kappa shape index (κ1) is 19.7. The van der Waals surface area contributed by atoms with E-state index >= 15 is 0 Å². The Balaban J connectivity index is 2.02. The SMILES string of the molecule is COc1ccc(CN2CCC[C@@](CCC(=O)N(C)C)(OC)C2)c(F)c1. The van der Waals surface area contributed by atoms with E-state index < -0.39 is 0 Å². The highest BCUT2D eigenvalue weighted by Gasteiger charge is 2.36. The van der Waals surface area contributed by atoms with Crippen LogP contribution in [0, 0.1) is 5.82 Å². The van der Waals surface area contributed by atoms with Crippen LogP contribution in [-0.2, 0) is 16.1 Å². The van der Waals surface area contributed by atoms with Gasteiger partial charge >= 0.3 is 0 Å². The van der Waals surface area contributed by atoms with Gasteiger partial charge in [-0.25, -0.2) is 4.39 Å². The summed E-state index contributed by atoms with van der Waals surface area (Å²) in [7, 11) is 6.77. The third kappa shape index (κ3) is 5.16. The molecule has 1 fully saturated rings. The zero-order valence-electron chi connectivity index (χ0n) is 15.7. The lowest BCUT2D eigenvalue weighted by molar-refractivity contribution is -0.132. The molecule has 1 aliphatic heterocycles. The van der Waals surface area contributed by atoms with Crippen molar-refractivity contribution >= 4 is 5.91 Å². The Kier molecular flexibility index (Phi) is 6.79. The zero-order chi connectivity index (χ0) is 18.4. The van der Waals surface area contributed by atoms with E-state index in [2.05, 4.69) is 4.90 Å². The second-order valence-corrected chi connectivity index (χ2v) is 6.95. The molecule has 25 heavy (non-hydrogen) atoms. The van der Waals surface area contributed by atoms with Crippen molar-refractivity contribution in [2.75, 3.05) is 41.4 Å². The minimum absolute atomic E-state index is 0.106. The van der Waals surface area contributed by atoms with Crippen molar-refractivity contribution in [3.63, 3.8) is 0 Å². The molecular weight excluding hydrogens is 323 g/mol. The number of carbonyl (C=O) groups excluding carboxylic acids is 1. The van der Waals surface area contributed by atoms with Crippen LogP contribution in [0.25, 0.3) is 0 Å². The summed E-state index contributed by atoms with van der Waals surface area (Å²) in [4.78, 5) is 15.7. The van der Waals surface area contributed by atoms with E-state index in [1.807, 2.05) is 0 Å². The molecule has 0 spiro atoms. The number of methoxy groups -OCH3 is 2. The number of rotatable bonds is 7. The minimum Gasteiger partial charge on any atom is -0.497 e. The number of nitrogens with zero attached hydrogens (tertiary/aromatic N) is 2. The molecule has 1 saturated heterocycles. The Bertz CT molecular complexity index is 594. The zero-order valence-corrected chi connectivity index (χ0v) is 15.7. The molecule has 0 bridgehead atoms. The van der Waals surface area contributed by atoms with Gasteiger partial charge in [0.1, 0.15) is 11.6 Å². The lowest BCUT2D eigenvalue weighted by atomic mass is 9.87. The second-order valence-electron chi connectivity index (χ2n) is 6.95. The summed E-state index contributed by atoms with van der Waals surface area (Å²) in [6, 6.07) is 4.97. The quantitative estimate of drug-likeness (QED) is 0.757. The summed E-state index contributed by atoms with van der Waals surface area (Å²) >= 11 is 0. The van der Waals surface area contributed by atoms with E-state index in [1.165, 1.54) is 13.2 Å². The average molecular weight is 352 g/mol. The maximum absolute atomic E-state index is 14.2. The number of halogens is 1. The number of hydrogen-bond donors (Lipinski definition) is 0. The summed E-state index contributed by atoms with van der Waals surface area (Å²) in [5, 5.41) is 0. The summed E-state index contributed by atoms with van der Waals surface area (Å²) < 4.78 is 25.1. The molecule has 0 unspecified atom stereocenters. The molecule has 1 aromatic carbocycles. The Morgan fingerprint density at radius 2 is 2.12 bits per heavy atom. The number of carbonyl (C=O) groups is 1. The molecule has 1 heterocycles. The van der Waals surface area contributed by atoms with Crippen molar-refractivity contribution in [2.24, 2.45) is 0 Å². The molecule has 5 nitrogen and oxygen atoms in total. The van der Waals surface area contributed by atoms with E-state index in [0.717, 1.165) is 19.4 Å². The van der Waals surface area contributed by atoms with Gasteiger partial charge in [-0.1, -0.05) is 6.07 Å². The molecular formula is C19H29FN2O3. The fourth-order valence-corrected chi connectivity index (χ4v) is 3.38. The number of hydrogen-bond acceptors (Lipinski definition) is 4. The number of ether oxygens (including phenoxy) is 2. The van der Waals surface area contributed by atoms with Crippen LogP contribution in [0.4, 0.5) is 4.39 Å². The third-order valence-corrected chi connectivity index (χ3v) is 5.00. The van der Waals surface area contributed by atoms with Crippen molar-refractivity contribution in [3.05, 3.63) is 29.6 Å². The Morgan fingerprint density at radius 3 is 2.72 bits per heavy atom. The van der Waals surface area contributed by atoms with E-state index in [9.17, 15) is 9.18 Å². The van der Waals surface area contributed by atoms with Crippen LogP contribution in [0.15, 0.2) is 18.2 Å². The molecule has 2 rings (SSSR count).